The first-order chi connectivity index (χ1) is 8.59. The van der Waals surface area contributed by atoms with E-state index in [-0.39, 0.29) is 5.69 Å². The summed E-state index contributed by atoms with van der Waals surface area (Å²) in [6.45, 7) is 9.57. The van der Waals surface area contributed by atoms with Gasteiger partial charge in [0.25, 0.3) is 0 Å². The average Bonchev–Trinajstić information content (AvgIpc) is 2.37. The van der Waals surface area contributed by atoms with Crippen molar-refractivity contribution in [3.63, 3.8) is 0 Å². The largest absolute Gasteiger partial charge is 0.348 e. The molecule has 0 aromatic carbocycles. The van der Waals surface area contributed by atoms with E-state index in [1.54, 1.807) is 4.57 Å². The van der Waals surface area contributed by atoms with Crippen LogP contribution < -0.4 is 11.0 Å². The second-order valence-electron chi connectivity index (χ2n) is 4.62. The van der Waals surface area contributed by atoms with Gasteiger partial charge in [0, 0.05) is 45.0 Å². The lowest BCUT2D eigenvalue weighted by molar-refractivity contribution is 0.230. The lowest BCUT2D eigenvalue weighted by Crippen LogP contribution is -2.45. The Hall–Kier alpha value is -0.720. The molecule has 1 aromatic rings. The van der Waals surface area contributed by atoms with Crippen molar-refractivity contribution in [2.75, 3.05) is 32.7 Å². The Labute approximate surface area is 115 Å². The van der Waals surface area contributed by atoms with Crippen molar-refractivity contribution in [2.24, 2.45) is 0 Å². The molecule has 0 aliphatic carbocycles. The maximum Gasteiger partial charge on any atom is 0.348 e. The monoisotopic (exact) mass is 314 g/mol. The zero-order valence-electron chi connectivity index (χ0n) is 10.9. The number of hydrogen-bond donors (Lipinski definition) is 1. The number of hydrogen-bond acceptors (Lipinski definition) is 4. The zero-order valence-corrected chi connectivity index (χ0v) is 12.5. The summed E-state index contributed by atoms with van der Waals surface area (Å²) >= 11 is 3.48. The van der Waals surface area contributed by atoms with Crippen molar-refractivity contribution in [1.82, 2.24) is 19.8 Å². The summed E-state index contributed by atoms with van der Waals surface area (Å²) in [5.74, 6) is 0. The molecule has 1 saturated heterocycles. The smallest absolute Gasteiger partial charge is 0.314 e. The molecule has 1 fully saturated rings. The highest BCUT2D eigenvalue weighted by molar-refractivity contribution is 9.10. The number of aryl methyl sites for hydroxylation is 1. The molecule has 18 heavy (non-hydrogen) atoms. The van der Waals surface area contributed by atoms with Crippen LogP contribution in [0.15, 0.2) is 9.27 Å². The van der Waals surface area contributed by atoms with E-state index in [2.05, 4.69) is 31.1 Å². The van der Waals surface area contributed by atoms with E-state index in [1.807, 2.05) is 13.8 Å². The minimum absolute atomic E-state index is 0.150. The third kappa shape index (κ3) is 2.99. The lowest BCUT2D eigenvalue weighted by atomic mass is 10.3. The van der Waals surface area contributed by atoms with E-state index in [4.69, 9.17) is 0 Å². The van der Waals surface area contributed by atoms with Crippen LogP contribution in [0.5, 0.6) is 0 Å². The minimum atomic E-state index is -0.150. The number of nitrogens with zero attached hydrogens (tertiary/aromatic N) is 3. The topological polar surface area (TPSA) is 50.2 Å². The maximum atomic E-state index is 11.9. The van der Waals surface area contributed by atoms with Gasteiger partial charge in [-0.1, -0.05) is 0 Å². The van der Waals surface area contributed by atoms with Crippen molar-refractivity contribution in [2.45, 2.75) is 20.4 Å². The molecule has 100 valence electrons. The molecule has 0 amide bonds. The first kappa shape index (κ1) is 13.7. The summed E-state index contributed by atoms with van der Waals surface area (Å²) in [7, 11) is 0. The summed E-state index contributed by atoms with van der Waals surface area (Å²) in [5, 5.41) is 3.32. The fraction of sp³-hybridized carbons (Fsp3) is 0.667. The van der Waals surface area contributed by atoms with Crippen molar-refractivity contribution in [3.05, 3.63) is 26.3 Å². The Morgan fingerprint density at radius 3 is 2.61 bits per heavy atom. The Bertz CT molecular complexity index is 480. The first-order valence-electron chi connectivity index (χ1n) is 6.26. The summed E-state index contributed by atoms with van der Waals surface area (Å²) < 4.78 is 2.68. The predicted molar refractivity (Wildman–Crippen MR) is 75.0 cm³/mol. The fourth-order valence-electron chi connectivity index (χ4n) is 2.22. The molecule has 0 radical (unpaired) electrons. The third-order valence-electron chi connectivity index (χ3n) is 3.38. The van der Waals surface area contributed by atoms with Gasteiger partial charge in [-0.2, -0.15) is 4.98 Å². The Kier molecular flexibility index (Phi) is 4.53. The lowest BCUT2D eigenvalue weighted by Gasteiger charge is -2.27. The van der Waals surface area contributed by atoms with Gasteiger partial charge in [0.15, 0.2) is 0 Å². The molecule has 0 atom stereocenters. The molecule has 1 aliphatic rings. The highest BCUT2D eigenvalue weighted by Gasteiger charge is 2.12. The van der Waals surface area contributed by atoms with Gasteiger partial charge in [0.1, 0.15) is 0 Å². The predicted octanol–water partition coefficient (Wildman–Crippen LogP) is 0.528. The molecule has 1 aliphatic heterocycles. The van der Waals surface area contributed by atoms with Gasteiger partial charge < -0.3 is 5.32 Å². The van der Waals surface area contributed by atoms with Gasteiger partial charge in [-0.25, -0.2) is 4.79 Å². The fourth-order valence-corrected chi connectivity index (χ4v) is 2.52. The number of nitrogens with one attached hydrogen (secondary N) is 1. The summed E-state index contributed by atoms with van der Waals surface area (Å²) in [4.78, 5) is 18.3. The number of halogens is 1. The highest BCUT2D eigenvalue weighted by atomic mass is 79.9. The molecule has 0 unspecified atom stereocenters. The molecular weight excluding hydrogens is 296 g/mol. The number of piperazine rings is 1. The summed E-state index contributed by atoms with van der Waals surface area (Å²) in [6.07, 6.45) is 0. The van der Waals surface area contributed by atoms with Gasteiger partial charge in [-0.05, 0) is 29.8 Å². The molecule has 0 spiro atoms. The van der Waals surface area contributed by atoms with E-state index in [1.165, 1.54) is 0 Å². The summed E-state index contributed by atoms with van der Waals surface area (Å²) in [5.41, 5.74) is 1.57. The molecular formula is C12H19BrN4O. The van der Waals surface area contributed by atoms with Crippen molar-refractivity contribution < 1.29 is 0 Å². The van der Waals surface area contributed by atoms with Crippen LogP contribution in [-0.2, 0) is 6.54 Å². The van der Waals surface area contributed by atoms with E-state index in [0.29, 0.717) is 6.54 Å². The molecule has 2 rings (SSSR count). The molecule has 0 saturated carbocycles. The number of rotatable bonds is 3. The highest BCUT2D eigenvalue weighted by Crippen LogP contribution is 2.16. The van der Waals surface area contributed by atoms with Crippen LogP contribution in [-0.4, -0.2) is 47.2 Å². The first-order valence-corrected chi connectivity index (χ1v) is 7.05. The zero-order chi connectivity index (χ0) is 13.1. The van der Waals surface area contributed by atoms with Crippen molar-refractivity contribution in [1.29, 1.82) is 0 Å². The van der Waals surface area contributed by atoms with Gasteiger partial charge in [-0.15, -0.1) is 0 Å². The van der Waals surface area contributed by atoms with Crippen LogP contribution in [0.2, 0.25) is 0 Å². The molecule has 1 N–H and O–H groups in total. The molecule has 1 aromatic heterocycles. The normalized spacial score (nSPS) is 17.1. The molecule has 5 nitrogen and oxygen atoms in total. The van der Waals surface area contributed by atoms with Crippen molar-refractivity contribution in [3.8, 4) is 0 Å². The van der Waals surface area contributed by atoms with Crippen LogP contribution in [0, 0.1) is 13.8 Å². The van der Waals surface area contributed by atoms with Crippen LogP contribution in [0.3, 0.4) is 0 Å². The van der Waals surface area contributed by atoms with Crippen LogP contribution in [0.25, 0.3) is 0 Å². The Balaban J connectivity index is 2.09. The summed E-state index contributed by atoms with van der Waals surface area (Å²) in [6, 6.07) is 0. The van der Waals surface area contributed by atoms with Gasteiger partial charge in [-0.3, -0.25) is 9.47 Å². The third-order valence-corrected chi connectivity index (χ3v) is 4.53. The quantitative estimate of drug-likeness (QED) is 0.884. The van der Waals surface area contributed by atoms with E-state index in [0.717, 1.165) is 48.6 Å². The standard InChI is InChI=1S/C12H19BrN4O/c1-9-11(13)10(2)17(12(18)15-9)8-7-16-5-3-14-4-6-16/h14H,3-8H2,1-2H3. The van der Waals surface area contributed by atoms with Crippen LogP contribution in [0.4, 0.5) is 0 Å². The Morgan fingerprint density at radius 1 is 1.28 bits per heavy atom. The number of aromatic nitrogens is 2. The molecule has 2 heterocycles. The van der Waals surface area contributed by atoms with E-state index >= 15 is 0 Å². The van der Waals surface area contributed by atoms with Gasteiger partial charge in [0.2, 0.25) is 0 Å². The van der Waals surface area contributed by atoms with E-state index in [9.17, 15) is 4.79 Å². The Morgan fingerprint density at radius 2 is 1.94 bits per heavy atom. The molecule has 6 heteroatoms. The average molecular weight is 315 g/mol. The van der Waals surface area contributed by atoms with Gasteiger partial charge in [0.05, 0.1) is 10.2 Å². The minimum Gasteiger partial charge on any atom is -0.314 e. The van der Waals surface area contributed by atoms with Crippen LogP contribution in [0.1, 0.15) is 11.4 Å². The maximum absolute atomic E-state index is 11.9. The molecule has 0 bridgehead atoms. The van der Waals surface area contributed by atoms with Gasteiger partial charge >= 0.3 is 5.69 Å². The second kappa shape index (κ2) is 5.95. The SMILES string of the molecule is Cc1nc(=O)n(CCN2CCNCC2)c(C)c1Br. The van der Waals surface area contributed by atoms with E-state index < -0.39 is 0 Å². The van der Waals surface area contributed by atoms with Crippen LogP contribution >= 0.6 is 15.9 Å². The van der Waals surface area contributed by atoms with Crippen molar-refractivity contribution >= 4 is 15.9 Å². The second-order valence-corrected chi connectivity index (χ2v) is 5.42.